The minimum atomic E-state index is 0. The Kier molecular flexibility index (Phi) is 8.28. The van der Waals surface area contributed by atoms with Crippen LogP contribution in [-0.2, 0) is 13.0 Å². The maximum Gasteiger partial charge on any atom is 0.191 e. The number of aryl methyl sites for hydroxylation is 1. The fourth-order valence-corrected chi connectivity index (χ4v) is 5.75. The van der Waals surface area contributed by atoms with Gasteiger partial charge in [0.1, 0.15) is 12.2 Å². The predicted molar refractivity (Wildman–Crippen MR) is 127 cm³/mol. The van der Waals surface area contributed by atoms with Gasteiger partial charge in [-0.2, -0.15) is 16.9 Å². The molecule has 1 aliphatic carbocycles. The zero-order chi connectivity index (χ0) is 18.5. The third-order valence-corrected chi connectivity index (χ3v) is 7.36. The fraction of sp³-hybridized carbons (Fsp3) is 0.842. The summed E-state index contributed by atoms with van der Waals surface area (Å²) < 4.78 is 2.02. The van der Waals surface area contributed by atoms with Crippen molar-refractivity contribution in [3.63, 3.8) is 0 Å². The van der Waals surface area contributed by atoms with E-state index in [1.165, 1.54) is 56.7 Å². The monoisotopic (exact) mass is 519 g/mol. The number of guanidine groups is 1. The van der Waals surface area contributed by atoms with Crippen molar-refractivity contribution in [3.8, 4) is 0 Å². The van der Waals surface area contributed by atoms with Crippen molar-refractivity contribution in [1.29, 1.82) is 0 Å². The first-order valence-electron chi connectivity index (χ1n) is 10.5. The van der Waals surface area contributed by atoms with E-state index in [0.717, 1.165) is 37.7 Å². The second-order valence-electron chi connectivity index (χ2n) is 8.05. The third-order valence-electron chi connectivity index (χ3n) is 6.42. The van der Waals surface area contributed by atoms with E-state index >= 15 is 0 Å². The first-order valence-corrected chi connectivity index (χ1v) is 11.6. The molecule has 0 bridgehead atoms. The summed E-state index contributed by atoms with van der Waals surface area (Å²) in [5.74, 6) is 4.58. The summed E-state index contributed by atoms with van der Waals surface area (Å²) in [6.07, 6.45) is 10.4. The van der Waals surface area contributed by atoms with Crippen molar-refractivity contribution in [2.45, 2.75) is 63.1 Å². The van der Waals surface area contributed by atoms with Gasteiger partial charge < -0.3 is 10.6 Å². The summed E-state index contributed by atoms with van der Waals surface area (Å²) in [5.41, 5.74) is 0.308. The maximum atomic E-state index is 4.51. The van der Waals surface area contributed by atoms with Crippen LogP contribution in [0, 0.1) is 0 Å². The molecule has 2 fully saturated rings. The highest BCUT2D eigenvalue weighted by Crippen LogP contribution is 2.34. The summed E-state index contributed by atoms with van der Waals surface area (Å²) >= 11 is 2.10. The Hall–Kier alpha value is -0.550. The lowest BCUT2D eigenvalue weighted by Crippen LogP contribution is -2.60. The van der Waals surface area contributed by atoms with Crippen LogP contribution in [0.2, 0.25) is 0 Å². The molecule has 3 heterocycles. The highest BCUT2D eigenvalue weighted by molar-refractivity contribution is 14.0. The van der Waals surface area contributed by atoms with Crippen LogP contribution in [0.4, 0.5) is 0 Å². The van der Waals surface area contributed by atoms with Gasteiger partial charge in [-0.15, -0.1) is 24.0 Å². The molecule has 4 rings (SSSR count). The molecule has 1 saturated heterocycles. The zero-order valence-corrected chi connectivity index (χ0v) is 20.0. The van der Waals surface area contributed by atoms with E-state index in [9.17, 15) is 0 Å². The van der Waals surface area contributed by atoms with Gasteiger partial charge in [0.25, 0.3) is 0 Å². The largest absolute Gasteiger partial charge is 0.355 e. The van der Waals surface area contributed by atoms with Crippen LogP contribution in [0.1, 0.15) is 44.3 Å². The van der Waals surface area contributed by atoms with Gasteiger partial charge >= 0.3 is 0 Å². The summed E-state index contributed by atoms with van der Waals surface area (Å²) in [5, 5.41) is 11.6. The van der Waals surface area contributed by atoms with Gasteiger partial charge in [0.15, 0.2) is 5.96 Å². The first kappa shape index (κ1) is 22.1. The van der Waals surface area contributed by atoms with Crippen LogP contribution in [0.25, 0.3) is 0 Å². The Labute approximate surface area is 189 Å². The molecule has 9 heteroatoms. The highest BCUT2D eigenvalue weighted by Gasteiger charge is 2.38. The molecule has 1 atom stereocenters. The number of nitrogens with one attached hydrogen (secondary N) is 2. The van der Waals surface area contributed by atoms with Crippen molar-refractivity contribution in [2.24, 2.45) is 4.99 Å². The van der Waals surface area contributed by atoms with Crippen LogP contribution < -0.4 is 10.6 Å². The second kappa shape index (κ2) is 10.5. The standard InChI is InChI=1S/C19H33N7S.HI/c1-20-18(24-16-5-6-17-22-15-23-26(17)13-16)21-14-19(7-3-2-4-8-19)25-9-11-27-12-10-25;/h15-16H,2-14H2,1H3,(H2,20,21,24);1H. The van der Waals surface area contributed by atoms with E-state index in [1.54, 1.807) is 6.33 Å². The number of fused-ring (bicyclic) bond motifs is 1. The Morgan fingerprint density at radius 1 is 1.29 bits per heavy atom. The van der Waals surface area contributed by atoms with Crippen LogP contribution in [0.15, 0.2) is 11.3 Å². The number of hydrogen-bond donors (Lipinski definition) is 2. The van der Waals surface area contributed by atoms with Crippen LogP contribution in [0.5, 0.6) is 0 Å². The average molecular weight is 520 g/mol. The Bertz CT molecular complexity index is 638. The molecule has 2 N–H and O–H groups in total. The smallest absolute Gasteiger partial charge is 0.191 e. The van der Waals surface area contributed by atoms with E-state index < -0.39 is 0 Å². The summed E-state index contributed by atoms with van der Waals surface area (Å²) in [7, 11) is 1.88. The molecule has 158 valence electrons. The van der Waals surface area contributed by atoms with Gasteiger partial charge in [-0.05, 0) is 19.3 Å². The van der Waals surface area contributed by atoms with E-state index in [0.29, 0.717) is 11.6 Å². The quantitative estimate of drug-likeness (QED) is 0.361. The Morgan fingerprint density at radius 3 is 2.82 bits per heavy atom. The minimum Gasteiger partial charge on any atom is -0.355 e. The number of aromatic nitrogens is 3. The number of thioether (sulfide) groups is 1. The van der Waals surface area contributed by atoms with Crippen molar-refractivity contribution in [2.75, 3.05) is 38.2 Å². The molecule has 3 aliphatic rings. The molecule has 0 radical (unpaired) electrons. The predicted octanol–water partition coefficient (Wildman–Crippen LogP) is 2.13. The molecule has 1 unspecified atom stereocenters. The molecule has 28 heavy (non-hydrogen) atoms. The second-order valence-corrected chi connectivity index (χ2v) is 9.27. The van der Waals surface area contributed by atoms with Crippen LogP contribution in [-0.4, -0.2) is 75.4 Å². The molecule has 0 spiro atoms. The average Bonchev–Trinajstić information content (AvgIpc) is 3.20. The molecule has 1 saturated carbocycles. The lowest BCUT2D eigenvalue weighted by atomic mass is 9.80. The Balaban J connectivity index is 0.00000225. The Morgan fingerprint density at radius 2 is 2.07 bits per heavy atom. The van der Waals surface area contributed by atoms with Gasteiger partial charge in [0, 0.05) is 56.2 Å². The molecule has 1 aromatic rings. The topological polar surface area (TPSA) is 70.4 Å². The fourth-order valence-electron chi connectivity index (χ4n) is 4.84. The molecular weight excluding hydrogens is 485 g/mol. The van der Waals surface area contributed by atoms with E-state index in [1.807, 2.05) is 11.7 Å². The summed E-state index contributed by atoms with van der Waals surface area (Å²) in [6, 6.07) is 0.360. The number of aliphatic imine (C=N–C) groups is 1. The van der Waals surface area contributed by atoms with Gasteiger partial charge in [-0.1, -0.05) is 19.3 Å². The number of hydrogen-bond acceptors (Lipinski definition) is 5. The van der Waals surface area contributed by atoms with Crippen LogP contribution in [0.3, 0.4) is 0 Å². The lowest BCUT2D eigenvalue weighted by molar-refractivity contribution is 0.0625. The van der Waals surface area contributed by atoms with Gasteiger partial charge in [-0.3, -0.25) is 9.89 Å². The minimum absolute atomic E-state index is 0. The van der Waals surface area contributed by atoms with Crippen molar-refractivity contribution in [3.05, 3.63) is 12.2 Å². The molecule has 0 amide bonds. The van der Waals surface area contributed by atoms with Crippen LogP contribution >= 0.6 is 35.7 Å². The van der Waals surface area contributed by atoms with Gasteiger partial charge in [-0.25, -0.2) is 9.67 Å². The first-order chi connectivity index (χ1) is 13.3. The third kappa shape index (κ3) is 5.13. The number of halogens is 1. The van der Waals surface area contributed by atoms with Gasteiger partial charge in [0.05, 0.1) is 6.54 Å². The summed E-state index contributed by atoms with van der Waals surface area (Å²) in [6.45, 7) is 4.33. The van der Waals surface area contributed by atoms with Gasteiger partial charge in [0.2, 0.25) is 0 Å². The highest BCUT2D eigenvalue weighted by atomic mass is 127. The SMILES string of the molecule is CN=C(NCC1(N2CCSCC2)CCCCC1)NC1CCc2ncnn2C1.I. The maximum absolute atomic E-state index is 4.51. The van der Waals surface area contributed by atoms with E-state index in [4.69, 9.17) is 0 Å². The molecule has 7 nitrogen and oxygen atoms in total. The van der Waals surface area contributed by atoms with Crippen molar-refractivity contribution in [1.82, 2.24) is 30.3 Å². The molecule has 2 aliphatic heterocycles. The number of nitrogens with zero attached hydrogens (tertiary/aromatic N) is 5. The molecule has 0 aromatic carbocycles. The zero-order valence-electron chi connectivity index (χ0n) is 16.9. The normalized spacial score (nSPS) is 25.5. The number of rotatable bonds is 4. The molecule has 1 aromatic heterocycles. The van der Waals surface area contributed by atoms with Crippen molar-refractivity contribution < 1.29 is 0 Å². The summed E-state index contributed by atoms with van der Waals surface area (Å²) in [4.78, 5) is 11.6. The lowest BCUT2D eigenvalue weighted by Gasteiger charge is -2.48. The van der Waals surface area contributed by atoms with E-state index in [2.05, 4.69) is 42.4 Å². The molecular formula is C19H34IN7S. The van der Waals surface area contributed by atoms with Crippen molar-refractivity contribution >= 4 is 41.7 Å². The van der Waals surface area contributed by atoms with E-state index in [-0.39, 0.29) is 24.0 Å².